The monoisotopic (exact) mass is 268 g/mol. The summed E-state index contributed by atoms with van der Waals surface area (Å²) in [5, 5.41) is 3.11. The fraction of sp³-hybridized carbons (Fsp3) is 0.500. The lowest BCUT2D eigenvalue weighted by Crippen LogP contribution is -2.35. The van der Waals surface area contributed by atoms with E-state index in [1.54, 1.807) is 7.05 Å². The Morgan fingerprint density at radius 1 is 1.37 bits per heavy atom. The molecule has 0 aromatic heterocycles. The molecule has 1 aromatic carbocycles. The maximum atomic E-state index is 13.0. The first-order valence-electron chi connectivity index (χ1n) is 6.45. The molecule has 1 amide bonds. The van der Waals surface area contributed by atoms with Crippen molar-refractivity contribution in [2.75, 3.05) is 20.1 Å². The highest BCUT2D eigenvalue weighted by Gasteiger charge is 2.21. The van der Waals surface area contributed by atoms with Crippen LogP contribution in [-0.4, -0.2) is 30.9 Å². The van der Waals surface area contributed by atoms with Gasteiger partial charge in [-0.1, -0.05) is 6.07 Å². The van der Waals surface area contributed by atoms with E-state index in [1.165, 1.54) is 23.8 Å². The molecule has 0 bridgehead atoms. The van der Waals surface area contributed by atoms with Crippen molar-refractivity contribution in [3.8, 4) is 0 Å². The van der Waals surface area contributed by atoms with Crippen LogP contribution >= 0.6 is 0 Å². The average Bonchev–Trinajstić information content (AvgIpc) is 3.17. The number of likely N-dealkylation sites (N-methyl/N-ethyl adjacent to an activating group) is 1. The quantitative estimate of drug-likeness (QED) is 0.855. The molecule has 1 fully saturated rings. The van der Waals surface area contributed by atoms with E-state index >= 15 is 0 Å². The average molecular weight is 268 g/mol. The van der Waals surface area contributed by atoms with Gasteiger partial charge < -0.3 is 10.2 Å². The van der Waals surface area contributed by atoms with Crippen molar-refractivity contribution in [2.24, 2.45) is 5.92 Å². The van der Waals surface area contributed by atoms with Crippen LogP contribution in [0.15, 0.2) is 18.2 Å². The van der Waals surface area contributed by atoms with Crippen molar-refractivity contribution in [1.29, 1.82) is 0 Å². The molecule has 0 unspecified atom stereocenters. The Morgan fingerprint density at radius 2 is 2.11 bits per heavy atom. The second-order valence-electron chi connectivity index (χ2n) is 5.07. The van der Waals surface area contributed by atoms with E-state index in [2.05, 4.69) is 5.32 Å². The highest BCUT2D eigenvalue weighted by molar-refractivity contribution is 5.77. The minimum atomic E-state index is -0.884. The van der Waals surface area contributed by atoms with Crippen molar-refractivity contribution in [2.45, 2.75) is 19.4 Å². The van der Waals surface area contributed by atoms with Gasteiger partial charge in [0.25, 0.3) is 0 Å². The first-order valence-corrected chi connectivity index (χ1v) is 6.45. The molecule has 0 atom stereocenters. The van der Waals surface area contributed by atoms with E-state index in [0.717, 1.165) is 24.6 Å². The standard InChI is InChI=1S/C14H18F2N2O/c1-18(14(19)8-17-7-10-2-3-10)9-11-4-5-12(15)13(16)6-11/h4-6,10,17H,2-3,7-9H2,1H3. The lowest BCUT2D eigenvalue weighted by atomic mass is 10.2. The molecule has 0 saturated heterocycles. The summed E-state index contributed by atoms with van der Waals surface area (Å²) in [5.74, 6) is -1.08. The van der Waals surface area contributed by atoms with E-state index in [9.17, 15) is 13.6 Å². The maximum absolute atomic E-state index is 13.0. The molecule has 0 heterocycles. The molecular weight excluding hydrogens is 250 g/mol. The summed E-state index contributed by atoms with van der Waals surface area (Å²) < 4.78 is 25.8. The summed E-state index contributed by atoms with van der Waals surface area (Å²) in [6.45, 7) is 1.45. The number of hydrogen-bond donors (Lipinski definition) is 1. The molecule has 19 heavy (non-hydrogen) atoms. The smallest absolute Gasteiger partial charge is 0.236 e. The van der Waals surface area contributed by atoms with Gasteiger partial charge in [-0.15, -0.1) is 0 Å². The van der Waals surface area contributed by atoms with Crippen LogP contribution in [0.2, 0.25) is 0 Å². The molecule has 1 N–H and O–H groups in total. The van der Waals surface area contributed by atoms with Crippen LogP contribution in [0.5, 0.6) is 0 Å². The molecule has 0 radical (unpaired) electrons. The molecule has 1 aliphatic carbocycles. The van der Waals surface area contributed by atoms with E-state index in [0.29, 0.717) is 5.56 Å². The van der Waals surface area contributed by atoms with Crippen molar-refractivity contribution in [3.05, 3.63) is 35.4 Å². The van der Waals surface area contributed by atoms with E-state index in [4.69, 9.17) is 0 Å². The Bertz CT molecular complexity index is 461. The number of benzene rings is 1. The summed E-state index contributed by atoms with van der Waals surface area (Å²) in [7, 11) is 1.66. The van der Waals surface area contributed by atoms with Gasteiger partial charge in [-0.05, 0) is 43.0 Å². The number of carbonyl (C=O) groups excluding carboxylic acids is 1. The zero-order valence-corrected chi connectivity index (χ0v) is 11.0. The van der Waals surface area contributed by atoms with Gasteiger partial charge in [-0.3, -0.25) is 4.79 Å². The van der Waals surface area contributed by atoms with Crippen molar-refractivity contribution in [3.63, 3.8) is 0 Å². The van der Waals surface area contributed by atoms with Crippen LogP contribution < -0.4 is 5.32 Å². The van der Waals surface area contributed by atoms with Crippen LogP contribution in [0.25, 0.3) is 0 Å². The van der Waals surface area contributed by atoms with Gasteiger partial charge in [-0.25, -0.2) is 8.78 Å². The van der Waals surface area contributed by atoms with Crippen LogP contribution in [0, 0.1) is 17.6 Å². The molecule has 1 aromatic rings. The molecule has 104 valence electrons. The predicted molar refractivity (Wildman–Crippen MR) is 68.4 cm³/mol. The number of halogens is 2. The molecule has 0 aliphatic heterocycles. The first-order chi connectivity index (χ1) is 9.06. The maximum Gasteiger partial charge on any atom is 0.236 e. The number of amides is 1. The van der Waals surface area contributed by atoms with Gasteiger partial charge in [0, 0.05) is 13.6 Å². The largest absolute Gasteiger partial charge is 0.340 e. The number of hydrogen-bond acceptors (Lipinski definition) is 2. The Balaban J connectivity index is 1.79. The fourth-order valence-electron chi connectivity index (χ4n) is 1.84. The topological polar surface area (TPSA) is 32.3 Å². The van der Waals surface area contributed by atoms with Gasteiger partial charge >= 0.3 is 0 Å². The van der Waals surface area contributed by atoms with Crippen LogP contribution in [0.3, 0.4) is 0 Å². The molecule has 1 saturated carbocycles. The SMILES string of the molecule is CN(Cc1ccc(F)c(F)c1)C(=O)CNCC1CC1. The number of carbonyl (C=O) groups is 1. The van der Waals surface area contributed by atoms with E-state index in [-0.39, 0.29) is 19.0 Å². The third-order valence-corrected chi connectivity index (χ3v) is 3.24. The van der Waals surface area contributed by atoms with Gasteiger partial charge in [0.15, 0.2) is 11.6 Å². The highest BCUT2D eigenvalue weighted by Crippen LogP contribution is 2.27. The Morgan fingerprint density at radius 3 is 2.74 bits per heavy atom. The minimum Gasteiger partial charge on any atom is -0.340 e. The second kappa shape index (κ2) is 6.10. The van der Waals surface area contributed by atoms with Crippen molar-refractivity contribution in [1.82, 2.24) is 10.2 Å². The van der Waals surface area contributed by atoms with Crippen molar-refractivity contribution >= 4 is 5.91 Å². The summed E-state index contributed by atoms with van der Waals surface area (Å²) >= 11 is 0. The Labute approximate surface area is 111 Å². The minimum absolute atomic E-state index is 0.0506. The number of nitrogens with one attached hydrogen (secondary N) is 1. The molecule has 1 aliphatic rings. The van der Waals surface area contributed by atoms with E-state index in [1.807, 2.05) is 0 Å². The summed E-state index contributed by atoms with van der Waals surface area (Å²) in [5.41, 5.74) is 0.581. The van der Waals surface area contributed by atoms with Gasteiger partial charge in [0.1, 0.15) is 0 Å². The lowest BCUT2D eigenvalue weighted by Gasteiger charge is -2.17. The third-order valence-electron chi connectivity index (χ3n) is 3.24. The van der Waals surface area contributed by atoms with Gasteiger partial charge in [0.05, 0.1) is 6.54 Å². The highest BCUT2D eigenvalue weighted by atomic mass is 19.2. The van der Waals surface area contributed by atoms with Gasteiger partial charge in [-0.2, -0.15) is 0 Å². The number of nitrogens with zero attached hydrogens (tertiary/aromatic N) is 1. The van der Waals surface area contributed by atoms with Crippen LogP contribution in [0.1, 0.15) is 18.4 Å². The third kappa shape index (κ3) is 4.28. The summed E-state index contributed by atoms with van der Waals surface area (Å²) in [6, 6.07) is 3.69. The lowest BCUT2D eigenvalue weighted by molar-refractivity contribution is -0.129. The summed E-state index contributed by atoms with van der Waals surface area (Å²) in [6.07, 6.45) is 2.48. The fourth-order valence-corrected chi connectivity index (χ4v) is 1.84. The van der Waals surface area contributed by atoms with Crippen molar-refractivity contribution < 1.29 is 13.6 Å². The van der Waals surface area contributed by atoms with Crippen LogP contribution in [0.4, 0.5) is 8.78 Å². The summed E-state index contributed by atoms with van der Waals surface area (Å²) in [4.78, 5) is 13.3. The molecule has 3 nitrogen and oxygen atoms in total. The first kappa shape index (κ1) is 13.9. The predicted octanol–water partition coefficient (Wildman–Crippen LogP) is 1.92. The Kier molecular flexibility index (Phi) is 4.47. The molecule has 2 rings (SSSR count). The molecular formula is C14H18F2N2O. The zero-order valence-electron chi connectivity index (χ0n) is 11.0. The van der Waals surface area contributed by atoms with Gasteiger partial charge in [0.2, 0.25) is 5.91 Å². The zero-order chi connectivity index (χ0) is 13.8. The second-order valence-corrected chi connectivity index (χ2v) is 5.07. The van der Waals surface area contributed by atoms with E-state index < -0.39 is 11.6 Å². The molecule has 0 spiro atoms. The molecule has 5 heteroatoms. The number of rotatable bonds is 6. The van der Waals surface area contributed by atoms with Crippen LogP contribution in [-0.2, 0) is 11.3 Å². The normalized spacial score (nSPS) is 14.5. The Hall–Kier alpha value is -1.49.